The molecule has 0 spiro atoms. The van der Waals surface area contributed by atoms with Crippen molar-refractivity contribution >= 4 is 5.97 Å². The van der Waals surface area contributed by atoms with Crippen molar-refractivity contribution < 1.29 is 32.5 Å². The van der Waals surface area contributed by atoms with E-state index in [2.05, 4.69) is 25.3 Å². The van der Waals surface area contributed by atoms with Gasteiger partial charge in [-0.25, -0.2) is 27.8 Å². The number of hydrogen-bond acceptors (Lipinski definition) is 8. The van der Waals surface area contributed by atoms with Crippen LogP contribution in [0.4, 0.5) is 13.2 Å². The summed E-state index contributed by atoms with van der Waals surface area (Å²) in [6, 6.07) is 4.36. The predicted molar refractivity (Wildman–Crippen MR) is 124 cm³/mol. The fraction of sp³-hybridized carbons (Fsp3) is 0.500. The number of carbonyl (C=O) groups is 1. The first-order valence-electron chi connectivity index (χ1n) is 11.8. The van der Waals surface area contributed by atoms with Crippen LogP contribution in [-0.4, -0.2) is 53.3 Å². The zero-order valence-corrected chi connectivity index (χ0v) is 20.4. The van der Waals surface area contributed by atoms with Gasteiger partial charge < -0.3 is 14.6 Å². The minimum atomic E-state index is -2.74. The summed E-state index contributed by atoms with van der Waals surface area (Å²) in [5.74, 6) is -0.578. The molecule has 3 atom stereocenters. The monoisotopic (exact) mass is 520 g/mol. The number of halogens is 3. The van der Waals surface area contributed by atoms with Gasteiger partial charge >= 0.3 is 12.0 Å². The van der Waals surface area contributed by atoms with Crippen molar-refractivity contribution in [1.29, 1.82) is 0 Å². The number of carboxylic acids is 1. The van der Waals surface area contributed by atoms with Crippen molar-refractivity contribution in [3.8, 4) is 23.1 Å². The molecule has 1 aliphatic rings. The molecule has 0 bridgehead atoms. The average molecular weight is 521 g/mol. The van der Waals surface area contributed by atoms with Crippen LogP contribution in [0.5, 0.6) is 11.8 Å². The number of hydrogen-bond donors (Lipinski definition) is 1. The van der Waals surface area contributed by atoms with E-state index in [4.69, 9.17) is 14.6 Å². The molecule has 1 aliphatic carbocycles. The van der Waals surface area contributed by atoms with Gasteiger partial charge in [0.2, 0.25) is 0 Å². The van der Waals surface area contributed by atoms with Gasteiger partial charge in [-0.15, -0.1) is 5.10 Å². The number of nitrogens with zero attached hydrogens (tertiary/aromatic N) is 6. The zero-order chi connectivity index (χ0) is 26.5. The highest BCUT2D eigenvalue weighted by atomic mass is 19.3. The molecule has 1 fully saturated rings. The summed E-state index contributed by atoms with van der Waals surface area (Å²) in [4.78, 5) is 22.8. The third kappa shape index (κ3) is 6.52. The van der Waals surface area contributed by atoms with Crippen LogP contribution in [0.1, 0.15) is 55.6 Å². The lowest BCUT2D eigenvalue weighted by Gasteiger charge is -2.16. The molecule has 4 rings (SSSR count). The van der Waals surface area contributed by atoms with Crippen LogP contribution in [0, 0.1) is 12.8 Å². The minimum absolute atomic E-state index is 0.0315. The number of alkyl halides is 3. The Bertz CT molecular complexity index is 1240. The molecule has 10 nitrogen and oxygen atoms in total. The van der Waals surface area contributed by atoms with E-state index in [1.165, 1.54) is 10.9 Å². The van der Waals surface area contributed by atoms with Gasteiger partial charge in [0.1, 0.15) is 41.7 Å². The second-order valence-corrected chi connectivity index (χ2v) is 8.92. The van der Waals surface area contributed by atoms with Gasteiger partial charge in [0.25, 0.3) is 6.43 Å². The quantitative estimate of drug-likeness (QED) is 0.395. The summed E-state index contributed by atoms with van der Waals surface area (Å²) >= 11 is 0. The molecule has 37 heavy (non-hydrogen) atoms. The normalized spacial score (nSPS) is 19.4. The Morgan fingerprint density at radius 3 is 2.78 bits per heavy atom. The molecule has 1 saturated carbocycles. The molecule has 1 N–H and O–H groups in total. The van der Waals surface area contributed by atoms with Crippen LogP contribution < -0.4 is 9.47 Å². The van der Waals surface area contributed by atoms with Gasteiger partial charge in [-0.3, -0.25) is 4.79 Å². The lowest BCUT2D eigenvalue weighted by Crippen LogP contribution is -2.13. The molecule has 3 heterocycles. The van der Waals surface area contributed by atoms with E-state index < -0.39 is 24.3 Å². The molecule has 0 aliphatic heterocycles. The van der Waals surface area contributed by atoms with Crippen LogP contribution in [0.2, 0.25) is 0 Å². The fourth-order valence-electron chi connectivity index (χ4n) is 4.34. The lowest BCUT2D eigenvalue weighted by atomic mass is 9.99. The van der Waals surface area contributed by atoms with E-state index in [1.807, 2.05) is 0 Å². The van der Waals surface area contributed by atoms with Crippen molar-refractivity contribution in [2.45, 2.75) is 64.3 Å². The van der Waals surface area contributed by atoms with Crippen molar-refractivity contribution in [3.05, 3.63) is 41.5 Å². The van der Waals surface area contributed by atoms with Crippen LogP contribution in [0.3, 0.4) is 0 Å². The Kier molecular flexibility index (Phi) is 8.19. The second kappa shape index (κ2) is 11.5. The molecular formula is C24H27F3N6O4. The number of carboxylic acid groups (broad SMARTS) is 1. The first-order chi connectivity index (χ1) is 17.7. The van der Waals surface area contributed by atoms with E-state index >= 15 is 0 Å². The van der Waals surface area contributed by atoms with Crippen LogP contribution in [0.25, 0.3) is 11.4 Å². The first-order valence-corrected chi connectivity index (χ1v) is 11.8. The summed E-state index contributed by atoms with van der Waals surface area (Å²) in [6.07, 6.45) is -1.14. The predicted octanol–water partition coefficient (Wildman–Crippen LogP) is 4.24. The Hall–Kier alpha value is -3.77. The maximum Gasteiger partial charge on any atom is 0.317 e. The van der Waals surface area contributed by atoms with Crippen molar-refractivity contribution in [1.82, 2.24) is 29.9 Å². The van der Waals surface area contributed by atoms with Gasteiger partial charge in [-0.1, -0.05) is 5.21 Å². The topological polar surface area (TPSA) is 125 Å². The third-order valence-electron chi connectivity index (χ3n) is 6.26. The van der Waals surface area contributed by atoms with Gasteiger partial charge in [0.15, 0.2) is 0 Å². The molecule has 0 unspecified atom stereocenters. The van der Waals surface area contributed by atoms with Crippen LogP contribution in [0.15, 0.2) is 24.4 Å². The first kappa shape index (κ1) is 26.3. The van der Waals surface area contributed by atoms with E-state index in [0.29, 0.717) is 47.8 Å². The van der Waals surface area contributed by atoms with E-state index in [-0.39, 0.29) is 37.5 Å². The standard InChI is InChI=1S/C24H27F3N6O4/c1-13-20(37-15-10-14(16(25)11-15)4-3-5-21(34)35)7-6-17(29-13)22-19(33(2)32-31-22)12-36-24-28-9-8-18(30-24)23(26)27/h6-9,14-16,23H,3-5,10-12H2,1-2H3,(H,34,35)/t14-,15-,16+/m0/s1. The van der Waals surface area contributed by atoms with E-state index in [1.54, 1.807) is 26.1 Å². The Morgan fingerprint density at radius 1 is 1.24 bits per heavy atom. The van der Waals surface area contributed by atoms with E-state index in [9.17, 15) is 18.0 Å². The maximum absolute atomic E-state index is 14.4. The molecule has 198 valence electrons. The van der Waals surface area contributed by atoms with Crippen LogP contribution >= 0.6 is 0 Å². The summed E-state index contributed by atoms with van der Waals surface area (Å²) in [6.45, 7) is 1.69. The zero-order valence-electron chi connectivity index (χ0n) is 20.4. The molecule has 3 aromatic heterocycles. The number of pyridine rings is 1. The molecule has 13 heteroatoms. The number of aliphatic carboxylic acids is 1. The van der Waals surface area contributed by atoms with Gasteiger partial charge in [-0.2, -0.15) is 4.98 Å². The summed E-state index contributed by atoms with van der Waals surface area (Å²) in [7, 11) is 1.66. The smallest absolute Gasteiger partial charge is 0.317 e. The molecule has 0 aromatic carbocycles. The summed E-state index contributed by atoms with van der Waals surface area (Å²) in [5.41, 5.74) is 1.61. The maximum atomic E-state index is 14.4. The van der Waals surface area contributed by atoms with Crippen molar-refractivity contribution in [3.63, 3.8) is 0 Å². The van der Waals surface area contributed by atoms with Gasteiger partial charge in [0, 0.05) is 26.1 Å². The molecular weight excluding hydrogens is 493 g/mol. The molecule has 0 amide bonds. The number of aryl methyl sites for hydroxylation is 2. The lowest BCUT2D eigenvalue weighted by molar-refractivity contribution is -0.137. The van der Waals surface area contributed by atoms with Gasteiger partial charge in [-0.05, 0) is 50.3 Å². The number of rotatable bonds is 11. The highest BCUT2D eigenvalue weighted by Gasteiger charge is 2.35. The summed E-state index contributed by atoms with van der Waals surface area (Å²) < 4.78 is 53.3. The van der Waals surface area contributed by atoms with Crippen molar-refractivity contribution in [2.24, 2.45) is 13.0 Å². The molecule has 3 aromatic rings. The Morgan fingerprint density at radius 2 is 2.05 bits per heavy atom. The number of ether oxygens (including phenoxy) is 2. The molecule has 0 radical (unpaired) electrons. The fourth-order valence-corrected chi connectivity index (χ4v) is 4.34. The second-order valence-electron chi connectivity index (χ2n) is 8.92. The van der Waals surface area contributed by atoms with Crippen LogP contribution in [-0.2, 0) is 18.4 Å². The highest BCUT2D eigenvalue weighted by molar-refractivity contribution is 5.66. The highest BCUT2D eigenvalue weighted by Crippen LogP contribution is 2.36. The van der Waals surface area contributed by atoms with Crippen molar-refractivity contribution in [2.75, 3.05) is 0 Å². The van der Waals surface area contributed by atoms with Gasteiger partial charge in [0.05, 0.1) is 11.4 Å². The average Bonchev–Trinajstić information content (AvgIpc) is 3.40. The largest absolute Gasteiger partial charge is 0.488 e. The molecule has 0 saturated heterocycles. The third-order valence-corrected chi connectivity index (χ3v) is 6.26. The number of aromatic nitrogens is 6. The SMILES string of the molecule is Cc1nc(-c2nnn(C)c2COc2nccc(C(F)F)n2)ccc1O[C@H]1C[C@H](CCCC(=O)O)[C@H](F)C1. The Balaban J connectivity index is 1.41. The summed E-state index contributed by atoms with van der Waals surface area (Å²) in [5, 5.41) is 17.0. The minimum Gasteiger partial charge on any atom is -0.488 e. The van der Waals surface area contributed by atoms with E-state index in [0.717, 1.165) is 6.07 Å². The Labute approximate surface area is 210 Å².